The van der Waals surface area contributed by atoms with Crippen molar-refractivity contribution < 1.29 is 4.79 Å². The van der Waals surface area contributed by atoms with E-state index in [2.05, 4.69) is 14.0 Å². The monoisotopic (exact) mass is 318 g/mol. The first-order valence-electron chi connectivity index (χ1n) is 5.71. The van der Waals surface area contributed by atoms with Gasteiger partial charge >= 0.3 is 0 Å². The van der Waals surface area contributed by atoms with Gasteiger partial charge in [-0.2, -0.15) is 8.73 Å². The third-order valence-electron chi connectivity index (χ3n) is 2.63. The van der Waals surface area contributed by atoms with Crippen LogP contribution in [0.25, 0.3) is 0 Å². The Balaban J connectivity index is 2.30. The van der Waals surface area contributed by atoms with Crippen LogP contribution < -0.4 is 11.1 Å². The summed E-state index contributed by atoms with van der Waals surface area (Å²) in [6.07, 6.45) is 1.44. The highest BCUT2D eigenvalue weighted by Gasteiger charge is 2.22. The number of amides is 1. The molecule has 1 aliphatic rings. The maximum Gasteiger partial charge on any atom is 0.241 e. The van der Waals surface area contributed by atoms with Crippen molar-refractivity contribution in [3.05, 3.63) is 16.1 Å². The number of anilines is 1. The maximum atomic E-state index is 11.9. The van der Waals surface area contributed by atoms with E-state index in [1.165, 1.54) is 6.07 Å². The van der Waals surface area contributed by atoms with E-state index in [1.54, 1.807) is 0 Å². The van der Waals surface area contributed by atoms with Crippen molar-refractivity contribution in [2.24, 2.45) is 14.5 Å². The predicted molar refractivity (Wildman–Crippen MR) is 79.5 cm³/mol. The maximum absolute atomic E-state index is 11.9. The molecule has 0 spiro atoms. The number of hydrogen-bond donors (Lipinski definition) is 2. The number of rotatable bonds is 4. The summed E-state index contributed by atoms with van der Waals surface area (Å²) in [5.41, 5.74) is 7.18. The molecule has 1 atom stereocenters. The SMILES string of the molecule is CCC[C@H](N)C(=O)Nc1c(Cl)cc(Cl)c2c1N=S=N2. The van der Waals surface area contributed by atoms with Crippen molar-refractivity contribution in [2.75, 3.05) is 5.32 Å². The van der Waals surface area contributed by atoms with Crippen LogP contribution in [0.3, 0.4) is 0 Å². The third kappa shape index (κ3) is 2.97. The lowest BCUT2D eigenvalue weighted by molar-refractivity contribution is -0.117. The Morgan fingerprint density at radius 3 is 2.79 bits per heavy atom. The molecule has 19 heavy (non-hydrogen) atoms. The highest BCUT2D eigenvalue weighted by atomic mass is 35.5. The van der Waals surface area contributed by atoms with Crippen LogP contribution in [0.2, 0.25) is 10.0 Å². The molecule has 0 unspecified atom stereocenters. The lowest BCUT2D eigenvalue weighted by atomic mass is 10.1. The molecule has 1 aromatic carbocycles. The van der Waals surface area contributed by atoms with Crippen molar-refractivity contribution in [2.45, 2.75) is 25.8 Å². The van der Waals surface area contributed by atoms with E-state index < -0.39 is 6.04 Å². The van der Waals surface area contributed by atoms with Gasteiger partial charge in [0.15, 0.2) is 0 Å². The molecule has 0 aliphatic carbocycles. The van der Waals surface area contributed by atoms with Crippen LogP contribution in [0, 0.1) is 0 Å². The van der Waals surface area contributed by atoms with Crippen LogP contribution in [-0.2, 0) is 16.1 Å². The predicted octanol–water partition coefficient (Wildman–Crippen LogP) is 3.79. The average Bonchev–Trinajstić information content (AvgIpc) is 2.84. The number of hydrogen-bond acceptors (Lipinski definition) is 4. The van der Waals surface area contributed by atoms with E-state index in [0.717, 1.165) is 17.8 Å². The average molecular weight is 319 g/mol. The fourth-order valence-corrected chi connectivity index (χ4v) is 2.81. The van der Waals surface area contributed by atoms with E-state index in [1.807, 2.05) is 6.92 Å². The second-order valence-electron chi connectivity index (χ2n) is 4.06. The molecule has 1 amide bonds. The van der Waals surface area contributed by atoms with Gasteiger partial charge in [-0.25, -0.2) is 0 Å². The number of carbonyl (C=O) groups is 1. The summed E-state index contributed by atoms with van der Waals surface area (Å²) in [6, 6.07) is 0.965. The minimum Gasteiger partial charge on any atom is -0.322 e. The van der Waals surface area contributed by atoms with Crippen LogP contribution >= 0.6 is 23.2 Å². The second-order valence-corrected chi connectivity index (χ2v) is 5.40. The zero-order valence-corrected chi connectivity index (χ0v) is 12.4. The molecule has 0 radical (unpaired) electrons. The summed E-state index contributed by atoms with van der Waals surface area (Å²) in [5, 5.41) is 3.43. The lowest BCUT2D eigenvalue weighted by Gasteiger charge is -2.14. The van der Waals surface area contributed by atoms with Crippen LogP contribution in [0.4, 0.5) is 17.1 Å². The molecule has 102 valence electrons. The van der Waals surface area contributed by atoms with Crippen LogP contribution in [0.15, 0.2) is 14.8 Å². The summed E-state index contributed by atoms with van der Waals surface area (Å²) in [6.45, 7) is 1.96. The molecule has 5 nitrogen and oxygen atoms in total. The largest absolute Gasteiger partial charge is 0.322 e. The van der Waals surface area contributed by atoms with E-state index >= 15 is 0 Å². The number of fused-ring (bicyclic) bond motifs is 1. The fraction of sp³-hybridized carbons (Fsp3) is 0.364. The van der Waals surface area contributed by atoms with Crippen LogP contribution in [0.5, 0.6) is 0 Å². The van der Waals surface area contributed by atoms with Gasteiger partial charge in [0.05, 0.1) is 33.1 Å². The van der Waals surface area contributed by atoms with Gasteiger partial charge in [0.2, 0.25) is 5.91 Å². The molecule has 0 saturated carbocycles. The zero-order valence-electron chi connectivity index (χ0n) is 10.1. The Hall–Kier alpha value is -0.950. The number of nitrogens with zero attached hydrogens (tertiary/aromatic N) is 2. The Morgan fingerprint density at radius 1 is 1.42 bits per heavy atom. The number of nitrogens with one attached hydrogen (secondary N) is 1. The first kappa shape index (κ1) is 14.5. The molecule has 2 rings (SSSR count). The quantitative estimate of drug-likeness (QED) is 0.899. The molecule has 1 aromatic rings. The number of halogens is 2. The first-order chi connectivity index (χ1) is 9.04. The molecule has 1 heterocycles. The van der Waals surface area contributed by atoms with Crippen LogP contribution in [-0.4, -0.2) is 11.9 Å². The van der Waals surface area contributed by atoms with E-state index in [9.17, 15) is 4.79 Å². The smallest absolute Gasteiger partial charge is 0.241 e. The highest BCUT2D eigenvalue weighted by Crippen LogP contribution is 2.47. The Kier molecular flexibility index (Phi) is 4.57. The Morgan fingerprint density at radius 2 is 2.11 bits per heavy atom. The molecule has 0 saturated heterocycles. The molecule has 1 aliphatic heterocycles. The zero-order chi connectivity index (χ0) is 14.0. The van der Waals surface area contributed by atoms with E-state index in [0.29, 0.717) is 33.5 Å². The Bertz CT molecular complexity index is 599. The topological polar surface area (TPSA) is 79.8 Å². The Labute approximate surface area is 124 Å². The minimum atomic E-state index is -0.571. The summed E-state index contributed by atoms with van der Waals surface area (Å²) in [7, 11) is 0. The van der Waals surface area contributed by atoms with Gasteiger partial charge in [-0.1, -0.05) is 36.5 Å². The van der Waals surface area contributed by atoms with Crippen LogP contribution in [0.1, 0.15) is 19.8 Å². The van der Waals surface area contributed by atoms with Crippen molar-refractivity contribution >= 4 is 57.5 Å². The summed E-state index contributed by atoms with van der Waals surface area (Å²) < 4.78 is 8.17. The lowest BCUT2D eigenvalue weighted by Crippen LogP contribution is -2.35. The van der Waals surface area contributed by atoms with Crippen molar-refractivity contribution in [3.63, 3.8) is 0 Å². The van der Waals surface area contributed by atoms with Gasteiger partial charge in [0.25, 0.3) is 0 Å². The van der Waals surface area contributed by atoms with Gasteiger partial charge in [-0.15, -0.1) is 0 Å². The third-order valence-corrected chi connectivity index (χ3v) is 3.74. The van der Waals surface area contributed by atoms with Crippen molar-refractivity contribution in [3.8, 4) is 0 Å². The van der Waals surface area contributed by atoms with Gasteiger partial charge < -0.3 is 11.1 Å². The molecule has 0 fully saturated rings. The number of benzene rings is 1. The first-order valence-corrected chi connectivity index (χ1v) is 7.20. The van der Waals surface area contributed by atoms with Gasteiger partial charge in [0, 0.05) is 0 Å². The summed E-state index contributed by atoms with van der Waals surface area (Å²) >= 11 is 13.1. The highest BCUT2D eigenvalue weighted by molar-refractivity contribution is 7.58. The molecular weight excluding hydrogens is 307 g/mol. The molecular formula is C11H12Cl2N4OS. The molecule has 0 aromatic heterocycles. The van der Waals surface area contributed by atoms with Gasteiger partial charge in [-0.3, -0.25) is 4.79 Å². The van der Waals surface area contributed by atoms with Gasteiger partial charge in [0.1, 0.15) is 11.4 Å². The number of carbonyl (C=O) groups excluding carboxylic acids is 1. The summed E-state index contributed by atoms with van der Waals surface area (Å²) in [5.74, 6) is -0.291. The number of nitrogens with two attached hydrogens (primary N) is 1. The van der Waals surface area contributed by atoms with E-state index in [4.69, 9.17) is 28.9 Å². The standard InChI is InChI=1S/C11H12Cl2N4OS/c1-2-3-7(14)11(18)15-8-5(12)4-6(13)9-10(8)17-19-16-9/h4,7H,2-3,14H2,1H3,(H,15,18)/t7-/m0/s1. The summed E-state index contributed by atoms with van der Waals surface area (Å²) in [4.78, 5) is 11.9. The minimum absolute atomic E-state index is 0.291. The second kappa shape index (κ2) is 6.00. The normalized spacial score (nSPS) is 13.9. The molecule has 0 bridgehead atoms. The van der Waals surface area contributed by atoms with E-state index in [-0.39, 0.29) is 5.91 Å². The molecule has 8 heteroatoms. The fourth-order valence-electron chi connectivity index (χ4n) is 1.65. The van der Waals surface area contributed by atoms with Crippen molar-refractivity contribution in [1.82, 2.24) is 0 Å². The van der Waals surface area contributed by atoms with Crippen molar-refractivity contribution in [1.29, 1.82) is 0 Å². The van der Waals surface area contributed by atoms with Gasteiger partial charge in [-0.05, 0) is 12.5 Å². The molecule has 3 N–H and O–H groups in total.